The molecule has 19 heavy (non-hydrogen) atoms. The van der Waals surface area contributed by atoms with E-state index < -0.39 is 0 Å². The molecule has 0 aliphatic carbocycles. The van der Waals surface area contributed by atoms with Crippen molar-refractivity contribution in [2.75, 3.05) is 13.2 Å². The van der Waals surface area contributed by atoms with Gasteiger partial charge in [0.15, 0.2) is 0 Å². The van der Waals surface area contributed by atoms with Crippen LogP contribution in [0.15, 0.2) is 24.3 Å². The molecule has 0 fully saturated rings. The van der Waals surface area contributed by atoms with E-state index in [0.29, 0.717) is 12.5 Å². The maximum atomic E-state index is 9.78. The Balaban J connectivity index is 2.51. The van der Waals surface area contributed by atoms with E-state index in [0.717, 1.165) is 18.7 Å². The van der Waals surface area contributed by atoms with Gasteiger partial charge in [-0.2, -0.15) is 0 Å². The highest BCUT2D eigenvalue weighted by molar-refractivity contribution is 5.35. The first-order chi connectivity index (χ1) is 9.06. The van der Waals surface area contributed by atoms with Crippen LogP contribution < -0.4 is 10.1 Å². The fourth-order valence-corrected chi connectivity index (χ4v) is 2.02. The Morgan fingerprint density at radius 3 is 2.53 bits per heavy atom. The van der Waals surface area contributed by atoms with Gasteiger partial charge < -0.3 is 15.2 Å². The topological polar surface area (TPSA) is 41.5 Å². The van der Waals surface area contributed by atoms with Crippen LogP contribution in [-0.4, -0.2) is 24.4 Å². The zero-order valence-corrected chi connectivity index (χ0v) is 12.5. The first kappa shape index (κ1) is 16.0. The van der Waals surface area contributed by atoms with E-state index in [-0.39, 0.29) is 12.1 Å². The van der Waals surface area contributed by atoms with Gasteiger partial charge in [0, 0.05) is 11.6 Å². The van der Waals surface area contributed by atoms with Gasteiger partial charge in [0.1, 0.15) is 5.75 Å². The highest BCUT2D eigenvalue weighted by atomic mass is 16.5. The molecule has 3 heteroatoms. The molecule has 0 saturated carbocycles. The minimum Gasteiger partial charge on any atom is -0.494 e. The number of hydrogen-bond donors (Lipinski definition) is 2. The van der Waals surface area contributed by atoms with E-state index in [9.17, 15) is 5.11 Å². The molecule has 2 N–H and O–H groups in total. The molecule has 0 bridgehead atoms. The summed E-state index contributed by atoms with van der Waals surface area (Å²) in [5.74, 6) is 1.25. The summed E-state index contributed by atoms with van der Waals surface area (Å²) in [5, 5.41) is 13.2. The quantitative estimate of drug-likeness (QED) is 0.758. The number of benzene rings is 1. The van der Waals surface area contributed by atoms with Gasteiger partial charge in [-0.15, -0.1) is 0 Å². The van der Waals surface area contributed by atoms with Gasteiger partial charge >= 0.3 is 0 Å². The van der Waals surface area contributed by atoms with E-state index in [1.54, 1.807) is 0 Å². The highest BCUT2D eigenvalue weighted by Crippen LogP contribution is 2.24. The zero-order chi connectivity index (χ0) is 14.3. The van der Waals surface area contributed by atoms with E-state index in [1.807, 2.05) is 39.0 Å². The Bertz CT molecular complexity index is 366. The van der Waals surface area contributed by atoms with Gasteiger partial charge in [0.25, 0.3) is 0 Å². The summed E-state index contributed by atoms with van der Waals surface area (Å²) in [4.78, 5) is 0. The van der Waals surface area contributed by atoms with Gasteiger partial charge in [0.05, 0.1) is 12.7 Å². The second-order valence-electron chi connectivity index (χ2n) is 5.25. The second-order valence-corrected chi connectivity index (χ2v) is 5.25. The number of aliphatic hydroxyl groups excluding tert-OH is 1. The van der Waals surface area contributed by atoms with Crippen molar-refractivity contribution in [2.24, 2.45) is 5.92 Å². The van der Waals surface area contributed by atoms with E-state index in [4.69, 9.17) is 4.74 Å². The molecule has 0 aromatic heterocycles. The van der Waals surface area contributed by atoms with Gasteiger partial charge in [-0.05, 0) is 38.8 Å². The van der Waals surface area contributed by atoms with E-state index in [2.05, 4.69) is 18.3 Å². The van der Waals surface area contributed by atoms with Crippen LogP contribution in [0.4, 0.5) is 0 Å². The van der Waals surface area contributed by atoms with Gasteiger partial charge in [-0.1, -0.05) is 32.0 Å². The van der Waals surface area contributed by atoms with Crippen LogP contribution >= 0.6 is 0 Å². The van der Waals surface area contributed by atoms with Crippen LogP contribution in [0.25, 0.3) is 0 Å². The lowest BCUT2D eigenvalue weighted by Crippen LogP contribution is -2.26. The number of aliphatic hydroxyl groups is 1. The molecule has 0 aliphatic heterocycles. The van der Waals surface area contributed by atoms with E-state index in [1.165, 1.54) is 5.56 Å². The number of nitrogens with one attached hydrogen (secondary N) is 1. The predicted molar refractivity (Wildman–Crippen MR) is 79.5 cm³/mol. The molecule has 0 amide bonds. The third-order valence-corrected chi connectivity index (χ3v) is 3.35. The molecule has 2 atom stereocenters. The van der Waals surface area contributed by atoms with Crippen molar-refractivity contribution < 1.29 is 9.84 Å². The number of para-hydroxylation sites is 1. The number of rotatable bonds is 8. The van der Waals surface area contributed by atoms with E-state index >= 15 is 0 Å². The average molecular weight is 265 g/mol. The molecule has 0 saturated heterocycles. The highest BCUT2D eigenvalue weighted by Gasteiger charge is 2.12. The summed E-state index contributed by atoms with van der Waals surface area (Å²) in [6, 6.07) is 8.33. The molecule has 1 aromatic carbocycles. The predicted octanol–water partition coefficient (Wildman–Crippen LogP) is 3.14. The largest absolute Gasteiger partial charge is 0.494 e. The minimum absolute atomic E-state index is 0.224. The van der Waals surface area contributed by atoms with Crippen molar-refractivity contribution in [2.45, 2.75) is 46.3 Å². The lowest BCUT2D eigenvalue weighted by Gasteiger charge is -2.20. The van der Waals surface area contributed by atoms with Gasteiger partial charge in [0.2, 0.25) is 0 Å². The number of hydrogen-bond acceptors (Lipinski definition) is 3. The van der Waals surface area contributed by atoms with Gasteiger partial charge in [-0.25, -0.2) is 0 Å². The molecule has 0 aliphatic rings. The van der Waals surface area contributed by atoms with Crippen LogP contribution in [0, 0.1) is 5.92 Å². The molecule has 0 heterocycles. The molecular weight excluding hydrogens is 238 g/mol. The van der Waals surface area contributed by atoms with Crippen molar-refractivity contribution in [3.63, 3.8) is 0 Å². The minimum atomic E-state index is -0.234. The standard InChI is InChI=1S/C16H27NO2/c1-5-19-16-9-7-6-8-14(16)13(4)17-11-10-15(18)12(2)3/h6-9,12-13,15,17-18H,5,10-11H2,1-4H3. The molecular formula is C16H27NO2. The molecule has 1 rings (SSSR count). The normalized spacial score (nSPS) is 14.4. The first-order valence-electron chi connectivity index (χ1n) is 7.19. The van der Waals surface area contributed by atoms with Crippen LogP contribution in [0.2, 0.25) is 0 Å². The smallest absolute Gasteiger partial charge is 0.124 e. The summed E-state index contributed by atoms with van der Waals surface area (Å²) < 4.78 is 5.63. The summed E-state index contributed by atoms with van der Waals surface area (Å²) in [6.07, 6.45) is 0.542. The maximum Gasteiger partial charge on any atom is 0.124 e. The molecule has 0 radical (unpaired) electrons. The summed E-state index contributed by atoms with van der Waals surface area (Å²) in [7, 11) is 0. The van der Waals surface area contributed by atoms with Crippen molar-refractivity contribution in [1.29, 1.82) is 0 Å². The summed E-state index contributed by atoms with van der Waals surface area (Å²) in [6.45, 7) is 9.68. The second kappa shape index (κ2) is 8.18. The van der Waals surface area contributed by atoms with Crippen LogP contribution in [0.1, 0.15) is 45.7 Å². The van der Waals surface area contributed by atoms with Crippen LogP contribution in [0.3, 0.4) is 0 Å². The van der Waals surface area contributed by atoms with Gasteiger partial charge in [-0.3, -0.25) is 0 Å². The molecule has 3 nitrogen and oxygen atoms in total. The van der Waals surface area contributed by atoms with Crippen molar-refractivity contribution in [3.8, 4) is 5.75 Å². The molecule has 0 spiro atoms. The van der Waals surface area contributed by atoms with Crippen molar-refractivity contribution in [3.05, 3.63) is 29.8 Å². The third-order valence-electron chi connectivity index (χ3n) is 3.35. The maximum absolute atomic E-state index is 9.78. The lowest BCUT2D eigenvalue weighted by atomic mass is 10.0. The third kappa shape index (κ3) is 5.21. The number of ether oxygens (including phenoxy) is 1. The average Bonchev–Trinajstić information content (AvgIpc) is 2.39. The van der Waals surface area contributed by atoms with Crippen LogP contribution in [0.5, 0.6) is 5.75 Å². The zero-order valence-electron chi connectivity index (χ0n) is 12.5. The van der Waals surface area contributed by atoms with Crippen LogP contribution in [-0.2, 0) is 0 Å². The Morgan fingerprint density at radius 1 is 1.21 bits per heavy atom. The molecule has 2 unspecified atom stereocenters. The van der Waals surface area contributed by atoms with Crippen molar-refractivity contribution in [1.82, 2.24) is 5.32 Å². The fourth-order valence-electron chi connectivity index (χ4n) is 2.02. The molecule has 108 valence electrons. The van der Waals surface area contributed by atoms with Crippen molar-refractivity contribution >= 4 is 0 Å². The lowest BCUT2D eigenvalue weighted by molar-refractivity contribution is 0.115. The first-order valence-corrected chi connectivity index (χ1v) is 7.19. The Labute approximate surface area is 117 Å². The summed E-state index contributed by atoms with van der Waals surface area (Å²) >= 11 is 0. The Morgan fingerprint density at radius 2 is 1.89 bits per heavy atom. The fraction of sp³-hybridized carbons (Fsp3) is 0.625. The monoisotopic (exact) mass is 265 g/mol. The molecule has 1 aromatic rings. The SMILES string of the molecule is CCOc1ccccc1C(C)NCCC(O)C(C)C. The Hall–Kier alpha value is -1.06. The summed E-state index contributed by atoms with van der Waals surface area (Å²) in [5.41, 5.74) is 1.17. The Kier molecular flexibility index (Phi) is 6.89.